The van der Waals surface area contributed by atoms with Crippen LogP contribution in [0.1, 0.15) is 36.8 Å². The molecule has 0 bridgehead atoms. The fraction of sp³-hybridized carbons (Fsp3) is 0.500. The maximum Gasteiger partial charge on any atom is 0.314 e. The molecule has 0 heterocycles. The van der Waals surface area contributed by atoms with Crippen molar-refractivity contribution in [2.75, 3.05) is 7.11 Å². The molecule has 0 aliphatic heterocycles. The lowest BCUT2D eigenvalue weighted by atomic mass is 9.76. The number of hydrogen-bond acceptors (Lipinski definition) is 2. The molecule has 2 rings (SSSR count). The average molecular weight is 234 g/mol. The number of aryl methyl sites for hydroxylation is 1. The quantitative estimate of drug-likeness (QED) is 0.874. The number of ether oxygens (including phenoxy) is 1. The molecule has 3 nitrogen and oxygen atoms in total. The molecular weight excluding hydrogens is 216 g/mol. The topological polar surface area (TPSA) is 46.5 Å². The zero-order chi connectivity index (χ0) is 12.5. The summed E-state index contributed by atoms with van der Waals surface area (Å²) in [4.78, 5) is 11.7. The predicted octanol–water partition coefficient (Wildman–Crippen LogP) is 2.90. The maximum absolute atomic E-state index is 11.7. The molecule has 0 amide bonds. The van der Waals surface area contributed by atoms with Crippen molar-refractivity contribution < 1.29 is 14.6 Å². The molecule has 1 N–H and O–H groups in total. The largest absolute Gasteiger partial charge is 0.496 e. The van der Waals surface area contributed by atoms with Crippen molar-refractivity contribution in [1.29, 1.82) is 0 Å². The highest BCUT2D eigenvalue weighted by Gasteiger charge is 2.45. The second-order valence-corrected chi connectivity index (χ2v) is 4.75. The van der Waals surface area contributed by atoms with E-state index in [2.05, 4.69) is 0 Å². The van der Waals surface area contributed by atoms with Gasteiger partial charge in [0.05, 0.1) is 12.5 Å². The number of hydrogen-bond donors (Lipinski definition) is 1. The van der Waals surface area contributed by atoms with Crippen LogP contribution in [0.15, 0.2) is 18.2 Å². The van der Waals surface area contributed by atoms with Crippen LogP contribution in [0.25, 0.3) is 0 Å². The molecule has 17 heavy (non-hydrogen) atoms. The van der Waals surface area contributed by atoms with Gasteiger partial charge in [-0.3, -0.25) is 4.79 Å². The van der Waals surface area contributed by atoms with E-state index < -0.39 is 11.4 Å². The first-order valence-corrected chi connectivity index (χ1v) is 5.99. The summed E-state index contributed by atoms with van der Waals surface area (Å²) in [5.41, 5.74) is 1.14. The molecule has 92 valence electrons. The molecule has 3 heteroatoms. The Kier molecular flexibility index (Phi) is 3.09. The van der Waals surface area contributed by atoms with Gasteiger partial charge in [0.25, 0.3) is 0 Å². The van der Waals surface area contributed by atoms with Crippen LogP contribution in [0, 0.1) is 6.92 Å². The van der Waals surface area contributed by atoms with Gasteiger partial charge in [0, 0.05) is 5.56 Å². The summed E-state index contributed by atoms with van der Waals surface area (Å²) in [6, 6.07) is 5.72. The van der Waals surface area contributed by atoms with E-state index in [0.717, 1.165) is 24.0 Å². The monoisotopic (exact) mass is 234 g/mol. The molecule has 0 spiro atoms. The Morgan fingerprint density at radius 2 is 2.00 bits per heavy atom. The fourth-order valence-corrected chi connectivity index (χ4v) is 2.97. The van der Waals surface area contributed by atoms with Crippen molar-refractivity contribution >= 4 is 5.97 Å². The van der Waals surface area contributed by atoms with E-state index in [1.54, 1.807) is 7.11 Å². The van der Waals surface area contributed by atoms with Gasteiger partial charge < -0.3 is 9.84 Å². The lowest BCUT2D eigenvalue weighted by Crippen LogP contribution is -2.33. The molecule has 0 unspecified atom stereocenters. The summed E-state index contributed by atoms with van der Waals surface area (Å²) >= 11 is 0. The SMILES string of the molecule is COc1cccc(C)c1C1(C(=O)O)CCCC1. The molecular formula is C14H18O3. The molecule has 0 saturated heterocycles. The first-order valence-electron chi connectivity index (χ1n) is 5.99. The van der Waals surface area contributed by atoms with Gasteiger partial charge in [-0.1, -0.05) is 25.0 Å². The summed E-state index contributed by atoms with van der Waals surface area (Å²) in [6.07, 6.45) is 3.38. The summed E-state index contributed by atoms with van der Waals surface area (Å²) in [7, 11) is 1.60. The molecule has 1 aromatic rings. The highest BCUT2D eigenvalue weighted by Crippen LogP contribution is 2.46. The van der Waals surface area contributed by atoms with Crippen LogP contribution in [0.2, 0.25) is 0 Å². The minimum Gasteiger partial charge on any atom is -0.496 e. The lowest BCUT2D eigenvalue weighted by Gasteiger charge is -2.28. The molecule has 1 aliphatic carbocycles. The Morgan fingerprint density at radius 1 is 1.35 bits per heavy atom. The van der Waals surface area contributed by atoms with E-state index in [9.17, 15) is 9.90 Å². The van der Waals surface area contributed by atoms with Crippen LogP contribution < -0.4 is 4.74 Å². The van der Waals surface area contributed by atoms with Crippen LogP contribution in [-0.4, -0.2) is 18.2 Å². The molecule has 1 aromatic carbocycles. The van der Waals surface area contributed by atoms with Gasteiger partial charge in [0.15, 0.2) is 0 Å². The molecule has 0 aromatic heterocycles. The van der Waals surface area contributed by atoms with E-state index in [0.29, 0.717) is 18.6 Å². The first kappa shape index (κ1) is 12.0. The van der Waals surface area contributed by atoms with Crippen LogP contribution in [0.5, 0.6) is 5.75 Å². The van der Waals surface area contributed by atoms with Gasteiger partial charge in [0.2, 0.25) is 0 Å². The minimum absolute atomic E-state index is 0.703. The van der Waals surface area contributed by atoms with Crippen molar-refractivity contribution in [3.63, 3.8) is 0 Å². The Labute approximate surface area is 101 Å². The third-order valence-electron chi connectivity index (χ3n) is 3.80. The summed E-state index contributed by atoms with van der Waals surface area (Å²) < 4.78 is 5.35. The number of carboxylic acids is 1. The molecule has 1 saturated carbocycles. The fourth-order valence-electron chi connectivity index (χ4n) is 2.97. The van der Waals surface area contributed by atoms with Gasteiger partial charge in [-0.25, -0.2) is 0 Å². The predicted molar refractivity (Wildman–Crippen MR) is 65.5 cm³/mol. The van der Waals surface area contributed by atoms with Crippen molar-refractivity contribution in [1.82, 2.24) is 0 Å². The molecule has 1 fully saturated rings. The summed E-state index contributed by atoms with van der Waals surface area (Å²) in [5.74, 6) is -0.0168. The van der Waals surface area contributed by atoms with E-state index in [1.165, 1.54) is 0 Å². The normalized spacial score (nSPS) is 18.0. The van der Waals surface area contributed by atoms with Crippen molar-refractivity contribution in [3.8, 4) is 5.75 Å². The molecule has 0 atom stereocenters. The highest BCUT2D eigenvalue weighted by molar-refractivity contribution is 5.83. The van der Waals surface area contributed by atoms with Crippen LogP contribution >= 0.6 is 0 Å². The first-order chi connectivity index (χ1) is 8.12. The Bertz CT molecular complexity index is 431. The highest BCUT2D eigenvalue weighted by atomic mass is 16.5. The molecule has 1 aliphatic rings. The van der Waals surface area contributed by atoms with E-state index in [1.807, 2.05) is 25.1 Å². The van der Waals surface area contributed by atoms with Crippen molar-refractivity contribution in [3.05, 3.63) is 29.3 Å². The van der Waals surface area contributed by atoms with Gasteiger partial charge in [-0.05, 0) is 31.4 Å². The van der Waals surface area contributed by atoms with E-state index in [-0.39, 0.29) is 0 Å². The zero-order valence-electron chi connectivity index (χ0n) is 10.3. The minimum atomic E-state index is -0.739. The Morgan fingerprint density at radius 3 is 2.53 bits per heavy atom. The van der Waals surface area contributed by atoms with Crippen LogP contribution in [-0.2, 0) is 10.2 Å². The van der Waals surface area contributed by atoms with Crippen molar-refractivity contribution in [2.24, 2.45) is 0 Å². The second kappa shape index (κ2) is 4.40. The summed E-state index contributed by atoms with van der Waals surface area (Å²) in [5, 5.41) is 9.61. The smallest absolute Gasteiger partial charge is 0.314 e. The Hall–Kier alpha value is -1.51. The van der Waals surface area contributed by atoms with Gasteiger partial charge in [-0.15, -0.1) is 0 Å². The second-order valence-electron chi connectivity index (χ2n) is 4.75. The standard InChI is InChI=1S/C14H18O3/c1-10-6-5-7-11(17-2)12(10)14(13(15)16)8-3-4-9-14/h5-7H,3-4,8-9H2,1-2H3,(H,15,16). The van der Waals surface area contributed by atoms with Crippen LogP contribution in [0.3, 0.4) is 0 Å². The van der Waals surface area contributed by atoms with Crippen molar-refractivity contribution in [2.45, 2.75) is 38.0 Å². The number of methoxy groups -OCH3 is 1. The van der Waals surface area contributed by atoms with E-state index in [4.69, 9.17) is 4.74 Å². The number of rotatable bonds is 3. The number of carbonyl (C=O) groups is 1. The average Bonchev–Trinajstić information content (AvgIpc) is 2.78. The zero-order valence-corrected chi connectivity index (χ0v) is 10.3. The number of aliphatic carboxylic acids is 1. The van der Waals surface area contributed by atoms with Crippen LogP contribution in [0.4, 0.5) is 0 Å². The number of carboxylic acid groups (broad SMARTS) is 1. The van der Waals surface area contributed by atoms with E-state index >= 15 is 0 Å². The van der Waals surface area contributed by atoms with Gasteiger partial charge >= 0.3 is 5.97 Å². The molecule has 0 radical (unpaired) electrons. The third kappa shape index (κ3) is 1.79. The Balaban J connectivity index is 2.61. The van der Waals surface area contributed by atoms with Gasteiger partial charge in [0.1, 0.15) is 5.75 Å². The summed E-state index contributed by atoms with van der Waals surface area (Å²) in [6.45, 7) is 1.96. The maximum atomic E-state index is 11.7. The number of benzene rings is 1. The van der Waals surface area contributed by atoms with Gasteiger partial charge in [-0.2, -0.15) is 0 Å². The lowest BCUT2D eigenvalue weighted by molar-refractivity contribution is -0.143. The third-order valence-corrected chi connectivity index (χ3v) is 3.80.